The molecule has 2 rings (SSSR count). The summed E-state index contributed by atoms with van der Waals surface area (Å²) >= 11 is 17.9. The number of carbonyl (C=O) groups excluding carboxylic acids is 1. The van der Waals surface area contributed by atoms with Crippen LogP contribution in [0.25, 0.3) is 0 Å². The largest absolute Gasteiger partial charge is 0.480 e. The lowest BCUT2D eigenvalue weighted by Crippen LogP contribution is -2.18. The van der Waals surface area contributed by atoms with E-state index < -0.39 is 5.97 Å². The fraction of sp³-hybridized carbons (Fsp3) is 0.188. The van der Waals surface area contributed by atoms with Crippen LogP contribution in [0.4, 0.5) is 0 Å². The van der Waals surface area contributed by atoms with Crippen LogP contribution >= 0.6 is 34.8 Å². The van der Waals surface area contributed by atoms with Gasteiger partial charge in [-0.2, -0.15) is 0 Å². The fourth-order valence-corrected chi connectivity index (χ4v) is 2.29. The number of rotatable bonds is 4. The Bertz CT molecular complexity index is 691. The zero-order chi connectivity index (χ0) is 16.3. The van der Waals surface area contributed by atoms with Gasteiger partial charge in [0, 0.05) is 16.1 Å². The molecule has 0 aliphatic carbocycles. The third kappa shape index (κ3) is 4.29. The van der Waals surface area contributed by atoms with E-state index >= 15 is 0 Å². The summed E-state index contributed by atoms with van der Waals surface area (Å²) in [6.07, 6.45) is 0. The smallest absolute Gasteiger partial charge is 0.349 e. The van der Waals surface area contributed by atoms with Crippen LogP contribution in [0.2, 0.25) is 15.1 Å². The van der Waals surface area contributed by atoms with Crippen molar-refractivity contribution in [3.8, 4) is 11.5 Å². The minimum Gasteiger partial charge on any atom is -0.480 e. The second kappa shape index (κ2) is 7.23. The number of halogens is 3. The van der Waals surface area contributed by atoms with Gasteiger partial charge in [0.2, 0.25) is 0 Å². The first-order valence-electron chi connectivity index (χ1n) is 6.42. The molecule has 0 amide bonds. The number of hydrogen-bond acceptors (Lipinski definition) is 3. The number of ether oxygens (including phenoxy) is 2. The Morgan fingerprint density at radius 2 is 1.68 bits per heavy atom. The molecular weight excluding hydrogens is 347 g/mol. The second-order valence-electron chi connectivity index (χ2n) is 4.71. The van der Waals surface area contributed by atoms with Crippen molar-refractivity contribution in [3.05, 3.63) is 56.5 Å². The number of aryl methyl sites for hydroxylation is 2. The van der Waals surface area contributed by atoms with Crippen LogP contribution in [0, 0.1) is 13.8 Å². The van der Waals surface area contributed by atoms with E-state index in [0.717, 1.165) is 11.1 Å². The van der Waals surface area contributed by atoms with Crippen LogP contribution in [0.1, 0.15) is 11.1 Å². The summed E-state index contributed by atoms with van der Waals surface area (Å²) in [6, 6.07) is 8.15. The van der Waals surface area contributed by atoms with Gasteiger partial charge in [0.15, 0.2) is 6.61 Å². The first-order chi connectivity index (χ1) is 10.4. The molecule has 0 saturated carbocycles. The lowest BCUT2D eigenvalue weighted by molar-refractivity contribution is -0.136. The molecule has 2 aromatic carbocycles. The molecule has 116 valence electrons. The molecule has 0 saturated heterocycles. The van der Waals surface area contributed by atoms with Gasteiger partial charge in [0.1, 0.15) is 11.5 Å². The predicted octanol–water partition coefficient (Wildman–Crippen LogP) is 5.25. The van der Waals surface area contributed by atoms with Crippen molar-refractivity contribution in [2.75, 3.05) is 6.61 Å². The Balaban J connectivity index is 2.00. The van der Waals surface area contributed by atoms with Crippen molar-refractivity contribution < 1.29 is 14.3 Å². The Hall–Kier alpha value is -1.42. The lowest BCUT2D eigenvalue weighted by Gasteiger charge is -2.10. The number of benzene rings is 2. The Kier molecular flexibility index (Phi) is 5.57. The highest BCUT2D eigenvalue weighted by Gasteiger charge is 2.11. The zero-order valence-corrected chi connectivity index (χ0v) is 14.2. The molecule has 0 unspecified atom stereocenters. The van der Waals surface area contributed by atoms with E-state index in [0.29, 0.717) is 26.6 Å². The third-order valence-electron chi connectivity index (χ3n) is 2.88. The predicted molar refractivity (Wildman–Crippen MR) is 88.5 cm³/mol. The first kappa shape index (κ1) is 16.9. The van der Waals surface area contributed by atoms with Gasteiger partial charge in [0.25, 0.3) is 0 Å². The Morgan fingerprint density at radius 3 is 2.32 bits per heavy atom. The summed E-state index contributed by atoms with van der Waals surface area (Å²) in [7, 11) is 0. The van der Waals surface area contributed by atoms with Crippen molar-refractivity contribution in [1.82, 2.24) is 0 Å². The average Bonchev–Trinajstić information content (AvgIpc) is 2.45. The van der Waals surface area contributed by atoms with Crippen LogP contribution in [0.5, 0.6) is 11.5 Å². The van der Waals surface area contributed by atoms with Crippen molar-refractivity contribution in [2.24, 2.45) is 0 Å². The molecule has 0 N–H and O–H groups in total. The normalized spacial score (nSPS) is 10.4. The number of carbonyl (C=O) groups is 1. The van der Waals surface area contributed by atoms with Crippen LogP contribution in [-0.2, 0) is 4.79 Å². The fourth-order valence-electron chi connectivity index (χ4n) is 1.85. The van der Waals surface area contributed by atoms with Crippen LogP contribution < -0.4 is 9.47 Å². The van der Waals surface area contributed by atoms with E-state index in [-0.39, 0.29) is 6.61 Å². The van der Waals surface area contributed by atoms with Gasteiger partial charge in [-0.1, -0.05) is 34.8 Å². The summed E-state index contributed by atoms with van der Waals surface area (Å²) in [5.74, 6) is 0.205. The molecule has 0 bridgehead atoms. The van der Waals surface area contributed by atoms with E-state index in [2.05, 4.69) is 0 Å². The molecular formula is C16H13Cl3O3. The molecule has 6 heteroatoms. The maximum Gasteiger partial charge on any atom is 0.349 e. The van der Waals surface area contributed by atoms with Gasteiger partial charge in [-0.15, -0.1) is 0 Å². The molecule has 0 fully saturated rings. The highest BCUT2D eigenvalue weighted by Crippen LogP contribution is 2.28. The first-order valence-corrected chi connectivity index (χ1v) is 7.55. The van der Waals surface area contributed by atoms with E-state index in [1.807, 2.05) is 13.8 Å². The minimum absolute atomic E-state index is 0.277. The molecule has 3 nitrogen and oxygen atoms in total. The van der Waals surface area contributed by atoms with E-state index in [1.165, 1.54) is 6.07 Å². The minimum atomic E-state index is -0.544. The van der Waals surface area contributed by atoms with E-state index in [9.17, 15) is 4.79 Å². The molecule has 0 aromatic heterocycles. The standard InChI is InChI=1S/C16H13Cl3O3/c1-9-5-12(6-10(2)16(9)19)22-15(20)8-21-14-7-11(17)3-4-13(14)18/h3-7H,8H2,1-2H3. The highest BCUT2D eigenvalue weighted by atomic mass is 35.5. The Labute approximate surface area is 143 Å². The molecule has 0 aliphatic heterocycles. The summed E-state index contributed by atoms with van der Waals surface area (Å²) in [5, 5.41) is 1.49. The van der Waals surface area contributed by atoms with Crippen molar-refractivity contribution in [1.29, 1.82) is 0 Å². The summed E-state index contributed by atoms with van der Waals surface area (Å²) in [6.45, 7) is 3.41. The van der Waals surface area contributed by atoms with E-state index in [1.54, 1.807) is 24.3 Å². The van der Waals surface area contributed by atoms with Crippen molar-refractivity contribution in [3.63, 3.8) is 0 Å². The topological polar surface area (TPSA) is 35.5 Å². The Morgan fingerprint density at radius 1 is 1.05 bits per heavy atom. The van der Waals surface area contributed by atoms with E-state index in [4.69, 9.17) is 44.3 Å². The molecule has 0 atom stereocenters. The van der Waals surface area contributed by atoms with Gasteiger partial charge >= 0.3 is 5.97 Å². The average molecular weight is 360 g/mol. The monoisotopic (exact) mass is 358 g/mol. The summed E-state index contributed by atoms with van der Waals surface area (Å²) in [5.41, 5.74) is 1.67. The lowest BCUT2D eigenvalue weighted by atomic mass is 10.1. The van der Waals surface area contributed by atoms with Crippen molar-refractivity contribution in [2.45, 2.75) is 13.8 Å². The summed E-state index contributed by atoms with van der Waals surface area (Å²) < 4.78 is 10.5. The second-order valence-corrected chi connectivity index (χ2v) is 5.93. The summed E-state index contributed by atoms with van der Waals surface area (Å²) in [4.78, 5) is 11.8. The molecule has 0 heterocycles. The van der Waals surface area contributed by atoms with Gasteiger partial charge in [-0.05, 0) is 49.2 Å². The molecule has 22 heavy (non-hydrogen) atoms. The molecule has 0 radical (unpaired) electrons. The zero-order valence-electron chi connectivity index (χ0n) is 12.0. The SMILES string of the molecule is Cc1cc(OC(=O)COc2cc(Cl)ccc2Cl)cc(C)c1Cl. The maximum absolute atomic E-state index is 11.8. The van der Waals surface area contributed by atoms with Gasteiger partial charge in [-0.25, -0.2) is 4.79 Å². The van der Waals surface area contributed by atoms with Gasteiger partial charge < -0.3 is 9.47 Å². The quantitative estimate of drug-likeness (QED) is 0.552. The number of hydrogen-bond donors (Lipinski definition) is 0. The molecule has 0 aliphatic rings. The maximum atomic E-state index is 11.8. The molecule has 0 spiro atoms. The number of esters is 1. The highest BCUT2D eigenvalue weighted by molar-refractivity contribution is 6.34. The van der Waals surface area contributed by atoms with Gasteiger partial charge in [-0.3, -0.25) is 0 Å². The van der Waals surface area contributed by atoms with Gasteiger partial charge in [0.05, 0.1) is 5.02 Å². The third-order valence-corrected chi connectivity index (χ3v) is 4.02. The molecule has 2 aromatic rings. The van der Waals surface area contributed by atoms with Crippen LogP contribution in [-0.4, -0.2) is 12.6 Å². The van der Waals surface area contributed by atoms with Crippen LogP contribution in [0.15, 0.2) is 30.3 Å². The van der Waals surface area contributed by atoms with Crippen molar-refractivity contribution >= 4 is 40.8 Å². The van der Waals surface area contributed by atoms with Crippen LogP contribution in [0.3, 0.4) is 0 Å².